The Labute approximate surface area is 391 Å². The molecule has 0 aliphatic heterocycles. The quantitative estimate of drug-likeness (QED) is 0.128. The molecule has 0 spiro atoms. The molecule has 0 atom stereocenters. The van der Waals surface area contributed by atoms with Crippen LogP contribution in [0, 0.1) is 27.7 Å². The third-order valence-corrected chi connectivity index (χ3v) is 12.9. The summed E-state index contributed by atoms with van der Waals surface area (Å²) in [6, 6.07) is 77.4. The zero-order chi connectivity index (χ0) is 45.0. The molecule has 0 fully saturated rings. The highest BCUT2D eigenvalue weighted by atomic mass is 15.2. The molecule has 0 radical (unpaired) electrons. The molecule has 0 aromatic heterocycles. The number of rotatable bonds is 11. The highest BCUT2D eigenvalue weighted by molar-refractivity contribution is 5.93. The summed E-state index contributed by atoms with van der Waals surface area (Å²) in [5.74, 6) is 0. The third-order valence-electron chi connectivity index (χ3n) is 12.9. The molecule has 0 unspecified atom stereocenters. The standard InChI is InChI=1S/C64H54N2/c1-45-41-55(42-46(2)63(45)65(57-37-33-51(34-38-57)49-21-9-5-10-22-49)61-31-19-17-29-59(61)53-25-13-7-14-26-53)56-43-47(3)64(48(4)44-56)66(58-39-35-52(36-40-58)50-23-11-6-12-24-50)62-32-20-18-30-60(62)54-27-15-8-16-28-54/h5,7-11,13-44H,6,12H2,1-4H3. The van der Waals surface area contributed by atoms with Crippen molar-refractivity contribution in [1.82, 2.24) is 0 Å². The number of hydrogen-bond donors (Lipinski definition) is 0. The van der Waals surface area contributed by atoms with Crippen LogP contribution in [0.2, 0.25) is 0 Å². The lowest BCUT2D eigenvalue weighted by molar-refractivity contribution is 1.04. The molecule has 9 aromatic rings. The van der Waals surface area contributed by atoms with Gasteiger partial charge in [-0.3, -0.25) is 0 Å². The molecular formula is C64H54N2. The molecule has 2 heteroatoms. The van der Waals surface area contributed by atoms with Gasteiger partial charge in [0.05, 0.1) is 22.7 Å². The molecule has 0 saturated carbocycles. The average molecular weight is 851 g/mol. The smallest absolute Gasteiger partial charge is 0.0540 e. The van der Waals surface area contributed by atoms with Crippen LogP contribution < -0.4 is 9.80 Å². The van der Waals surface area contributed by atoms with E-state index >= 15 is 0 Å². The number of allylic oxidation sites excluding steroid dienone is 4. The molecule has 0 amide bonds. The van der Waals surface area contributed by atoms with Crippen molar-refractivity contribution in [2.24, 2.45) is 0 Å². The number of nitrogens with zero attached hydrogens (tertiary/aromatic N) is 2. The van der Waals surface area contributed by atoms with E-state index in [1.807, 2.05) is 0 Å². The van der Waals surface area contributed by atoms with E-state index in [0.717, 1.165) is 35.6 Å². The Hall–Kier alpha value is -7.94. The van der Waals surface area contributed by atoms with Crippen molar-refractivity contribution in [3.05, 3.63) is 258 Å². The van der Waals surface area contributed by atoms with Gasteiger partial charge < -0.3 is 9.80 Å². The second-order valence-electron chi connectivity index (χ2n) is 17.5. The van der Waals surface area contributed by atoms with Crippen molar-refractivity contribution in [2.45, 2.75) is 40.5 Å². The van der Waals surface area contributed by atoms with Gasteiger partial charge in [-0.25, -0.2) is 0 Å². The minimum atomic E-state index is 1.08. The van der Waals surface area contributed by atoms with Crippen molar-refractivity contribution in [3.8, 4) is 44.5 Å². The summed E-state index contributed by atoms with van der Waals surface area (Å²) in [5.41, 5.74) is 23.9. The minimum Gasteiger partial charge on any atom is -0.309 e. The Morgan fingerprint density at radius 2 is 0.682 bits per heavy atom. The van der Waals surface area contributed by atoms with Gasteiger partial charge in [0.25, 0.3) is 0 Å². The Bertz CT molecular complexity index is 3150. The van der Waals surface area contributed by atoms with Crippen LogP contribution in [0.15, 0.2) is 231 Å². The predicted molar refractivity (Wildman–Crippen MR) is 283 cm³/mol. The Morgan fingerprint density at radius 3 is 1.09 bits per heavy atom. The van der Waals surface area contributed by atoms with Gasteiger partial charge in [-0.1, -0.05) is 170 Å². The number of aryl methyl sites for hydroxylation is 4. The van der Waals surface area contributed by atoms with E-state index in [1.165, 1.54) is 89.3 Å². The first kappa shape index (κ1) is 42.0. The second-order valence-corrected chi connectivity index (χ2v) is 17.5. The van der Waals surface area contributed by atoms with E-state index in [2.05, 4.69) is 268 Å². The van der Waals surface area contributed by atoms with Gasteiger partial charge in [0.1, 0.15) is 0 Å². The summed E-state index contributed by atoms with van der Waals surface area (Å²) in [5, 5.41) is 0. The molecule has 9 aromatic carbocycles. The lowest BCUT2D eigenvalue weighted by Crippen LogP contribution is -2.15. The normalized spacial score (nSPS) is 12.2. The highest BCUT2D eigenvalue weighted by Gasteiger charge is 2.24. The van der Waals surface area contributed by atoms with E-state index in [0.29, 0.717) is 0 Å². The molecule has 0 saturated heterocycles. The van der Waals surface area contributed by atoms with E-state index in [9.17, 15) is 0 Å². The summed E-state index contributed by atoms with van der Waals surface area (Å²) >= 11 is 0. The number of hydrogen-bond acceptors (Lipinski definition) is 2. The number of anilines is 6. The maximum Gasteiger partial charge on any atom is 0.0540 e. The number of benzene rings is 9. The molecule has 0 bridgehead atoms. The van der Waals surface area contributed by atoms with Crippen LogP contribution in [0.1, 0.15) is 40.7 Å². The highest BCUT2D eigenvalue weighted by Crippen LogP contribution is 2.47. The van der Waals surface area contributed by atoms with Crippen LogP contribution in [-0.2, 0) is 0 Å². The van der Waals surface area contributed by atoms with Crippen molar-refractivity contribution >= 4 is 39.7 Å². The lowest BCUT2D eigenvalue weighted by atomic mass is 9.93. The van der Waals surface area contributed by atoms with Gasteiger partial charge >= 0.3 is 0 Å². The van der Waals surface area contributed by atoms with Gasteiger partial charge in [-0.15, -0.1) is 0 Å². The monoisotopic (exact) mass is 850 g/mol. The molecule has 320 valence electrons. The van der Waals surface area contributed by atoms with Crippen molar-refractivity contribution < 1.29 is 0 Å². The third kappa shape index (κ3) is 8.42. The van der Waals surface area contributed by atoms with Crippen LogP contribution in [0.3, 0.4) is 0 Å². The first-order valence-corrected chi connectivity index (χ1v) is 23.2. The fraction of sp³-hybridized carbons (Fsp3) is 0.0938. The largest absolute Gasteiger partial charge is 0.309 e. The van der Waals surface area contributed by atoms with Gasteiger partial charge in [0, 0.05) is 22.5 Å². The average Bonchev–Trinajstić information content (AvgIpc) is 3.37. The van der Waals surface area contributed by atoms with Crippen LogP contribution >= 0.6 is 0 Å². The van der Waals surface area contributed by atoms with Gasteiger partial charge in [0.15, 0.2) is 0 Å². The maximum atomic E-state index is 2.47. The molecule has 0 heterocycles. The Morgan fingerprint density at radius 1 is 0.318 bits per heavy atom. The lowest BCUT2D eigenvalue weighted by Gasteiger charge is -2.32. The molecule has 10 rings (SSSR count). The predicted octanol–water partition coefficient (Wildman–Crippen LogP) is 18.3. The fourth-order valence-electron chi connectivity index (χ4n) is 9.85. The van der Waals surface area contributed by atoms with Crippen molar-refractivity contribution in [1.29, 1.82) is 0 Å². The molecule has 1 aliphatic rings. The molecule has 2 nitrogen and oxygen atoms in total. The summed E-state index contributed by atoms with van der Waals surface area (Å²) in [6.07, 6.45) is 9.08. The van der Waals surface area contributed by atoms with E-state index in [4.69, 9.17) is 0 Å². The summed E-state index contributed by atoms with van der Waals surface area (Å²) < 4.78 is 0. The van der Waals surface area contributed by atoms with Gasteiger partial charge in [-0.05, 0) is 168 Å². The summed E-state index contributed by atoms with van der Waals surface area (Å²) in [6.45, 7) is 9.07. The van der Waals surface area contributed by atoms with Crippen molar-refractivity contribution in [2.75, 3.05) is 9.80 Å². The summed E-state index contributed by atoms with van der Waals surface area (Å²) in [4.78, 5) is 4.93. The molecular weight excluding hydrogens is 797 g/mol. The zero-order valence-corrected chi connectivity index (χ0v) is 38.2. The van der Waals surface area contributed by atoms with Crippen LogP contribution in [0.25, 0.3) is 50.1 Å². The Kier molecular flexibility index (Phi) is 11.9. The van der Waals surface area contributed by atoms with Crippen LogP contribution in [0.4, 0.5) is 34.1 Å². The first-order valence-electron chi connectivity index (χ1n) is 23.2. The van der Waals surface area contributed by atoms with Crippen molar-refractivity contribution in [3.63, 3.8) is 0 Å². The first-order chi connectivity index (χ1) is 32.4. The minimum absolute atomic E-state index is 1.08. The van der Waals surface area contributed by atoms with E-state index < -0.39 is 0 Å². The SMILES string of the molecule is Cc1cc(-c2cc(C)c(N(c3ccc(-c4ccccc4)cc3)c3ccccc3-c3ccccc3)c(C)c2)cc(C)c1N(c1ccc(C2=CCCC=C2)cc1)c1ccccc1-c1ccccc1. The maximum absolute atomic E-state index is 2.47. The van der Waals surface area contributed by atoms with Gasteiger partial charge in [0.2, 0.25) is 0 Å². The van der Waals surface area contributed by atoms with E-state index in [1.54, 1.807) is 0 Å². The molecule has 1 aliphatic carbocycles. The summed E-state index contributed by atoms with van der Waals surface area (Å²) in [7, 11) is 0. The number of para-hydroxylation sites is 2. The fourth-order valence-corrected chi connectivity index (χ4v) is 9.85. The molecule has 0 N–H and O–H groups in total. The van der Waals surface area contributed by atoms with Gasteiger partial charge in [-0.2, -0.15) is 0 Å². The van der Waals surface area contributed by atoms with E-state index in [-0.39, 0.29) is 0 Å². The molecule has 66 heavy (non-hydrogen) atoms. The van der Waals surface area contributed by atoms with Crippen LogP contribution in [-0.4, -0.2) is 0 Å². The zero-order valence-electron chi connectivity index (χ0n) is 38.2. The Balaban J connectivity index is 1.08. The van der Waals surface area contributed by atoms with Crippen LogP contribution in [0.5, 0.6) is 0 Å². The topological polar surface area (TPSA) is 6.48 Å². The second kappa shape index (κ2) is 18.6.